The monoisotopic (exact) mass is 438 g/mol. The van der Waals surface area contributed by atoms with Crippen molar-refractivity contribution >= 4 is 50.3 Å². The summed E-state index contributed by atoms with van der Waals surface area (Å²) in [4.78, 5) is 32.5. The summed E-state index contributed by atoms with van der Waals surface area (Å²) < 4.78 is 11.2. The van der Waals surface area contributed by atoms with Gasteiger partial charge in [0.2, 0.25) is 0 Å². The molecule has 0 unspecified atom stereocenters. The van der Waals surface area contributed by atoms with Crippen molar-refractivity contribution in [1.82, 2.24) is 4.98 Å². The largest absolute Gasteiger partial charge is 0.467 e. The van der Waals surface area contributed by atoms with E-state index in [2.05, 4.69) is 0 Å². The van der Waals surface area contributed by atoms with Crippen LogP contribution in [0.2, 0.25) is 0 Å². The zero-order chi connectivity index (χ0) is 21.1. The molecule has 6 nitrogen and oxygen atoms in total. The lowest BCUT2D eigenvalue weighted by Gasteiger charge is -2.19. The van der Waals surface area contributed by atoms with Gasteiger partial charge < -0.3 is 9.15 Å². The molecule has 1 amide bonds. The minimum atomic E-state index is -0.447. The Morgan fingerprint density at radius 2 is 1.87 bits per heavy atom. The molecule has 0 aliphatic carbocycles. The number of rotatable bonds is 6. The van der Waals surface area contributed by atoms with Crippen molar-refractivity contribution in [2.75, 3.05) is 18.3 Å². The van der Waals surface area contributed by atoms with Crippen molar-refractivity contribution in [2.24, 2.45) is 0 Å². The molecule has 4 rings (SSSR count). The summed E-state index contributed by atoms with van der Waals surface area (Å²) in [5.74, 6) is -0.0244. The quantitative estimate of drug-likeness (QED) is 0.303. The Balaban J connectivity index is 1.73. The number of esters is 1. The average Bonchev–Trinajstić information content (AvgIpc) is 3.45. The first-order valence-corrected chi connectivity index (χ1v) is 11.1. The van der Waals surface area contributed by atoms with Crippen LogP contribution in [0.5, 0.6) is 0 Å². The minimum Gasteiger partial charge on any atom is -0.467 e. The Morgan fingerprint density at radius 3 is 2.53 bits per heavy atom. The first kappa shape index (κ1) is 20.2. The number of hydrogen-bond donors (Lipinski definition) is 0. The number of hydrogen-bond acceptors (Lipinski definition) is 7. The number of carbonyl (C=O) groups is 2. The van der Waals surface area contributed by atoms with Crippen LogP contribution in [0.4, 0.5) is 5.13 Å². The van der Waals surface area contributed by atoms with E-state index in [1.807, 2.05) is 30.5 Å². The Bertz CT molecular complexity index is 1180. The SMILES string of the molecule is COC(=O)c1ccc(C(=O)N(Cc2ccco2)c2nc3c(SC)cccc3s2)cc1. The van der Waals surface area contributed by atoms with Gasteiger partial charge in [-0.25, -0.2) is 9.78 Å². The third kappa shape index (κ3) is 3.96. The highest BCUT2D eigenvalue weighted by atomic mass is 32.2. The maximum absolute atomic E-state index is 13.4. The minimum absolute atomic E-state index is 0.229. The van der Waals surface area contributed by atoms with Crippen molar-refractivity contribution in [1.29, 1.82) is 0 Å². The summed E-state index contributed by atoms with van der Waals surface area (Å²) in [5.41, 5.74) is 1.71. The molecule has 0 fully saturated rings. The molecule has 0 bridgehead atoms. The molecule has 0 aliphatic rings. The molecule has 2 aromatic carbocycles. The number of nitrogens with zero attached hydrogens (tertiary/aromatic N) is 2. The van der Waals surface area contributed by atoms with Gasteiger partial charge in [0.1, 0.15) is 5.76 Å². The summed E-state index contributed by atoms with van der Waals surface area (Å²) in [7, 11) is 1.32. The van der Waals surface area contributed by atoms with Gasteiger partial charge in [-0.05, 0) is 54.8 Å². The van der Waals surface area contributed by atoms with Crippen LogP contribution in [-0.4, -0.2) is 30.2 Å². The number of benzene rings is 2. The van der Waals surface area contributed by atoms with E-state index in [4.69, 9.17) is 14.1 Å². The lowest BCUT2D eigenvalue weighted by Crippen LogP contribution is -2.30. The molecular weight excluding hydrogens is 420 g/mol. The van der Waals surface area contributed by atoms with E-state index in [9.17, 15) is 9.59 Å². The van der Waals surface area contributed by atoms with Crippen LogP contribution in [0.15, 0.2) is 70.2 Å². The predicted octanol–water partition coefficient (Wildman–Crippen LogP) is 5.24. The van der Waals surface area contributed by atoms with Gasteiger partial charge in [-0.3, -0.25) is 9.69 Å². The maximum Gasteiger partial charge on any atom is 0.337 e. The molecule has 0 N–H and O–H groups in total. The molecule has 30 heavy (non-hydrogen) atoms. The van der Waals surface area contributed by atoms with Crippen LogP contribution in [0, 0.1) is 0 Å². The zero-order valence-electron chi connectivity index (χ0n) is 16.3. The predicted molar refractivity (Wildman–Crippen MR) is 118 cm³/mol. The van der Waals surface area contributed by atoms with Gasteiger partial charge in [0.25, 0.3) is 5.91 Å². The van der Waals surface area contributed by atoms with E-state index in [0.717, 1.165) is 15.1 Å². The molecule has 8 heteroatoms. The second-order valence-corrected chi connectivity index (χ2v) is 8.20. The number of aromatic nitrogens is 1. The maximum atomic E-state index is 13.4. The van der Waals surface area contributed by atoms with Gasteiger partial charge in [-0.1, -0.05) is 17.4 Å². The lowest BCUT2D eigenvalue weighted by atomic mass is 10.1. The topological polar surface area (TPSA) is 72.6 Å². The van der Waals surface area contributed by atoms with E-state index < -0.39 is 5.97 Å². The Morgan fingerprint density at radius 1 is 1.10 bits per heavy atom. The first-order valence-electron chi connectivity index (χ1n) is 9.07. The summed E-state index contributed by atoms with van der Waals surface area (Å²) in [6, 6.07) is 16.0. The number of methoxy groups -OCH3 is 1. The molecule has 4 aromatic rings. The van der Waals surface area contributed by atoms with Gasteiger partial charge in [0.15, 0.2) is 5.13 Å². The first-order chi connectivity index (χ1) is 14.6. The van der Waals surface area contributed by atoms with E-state index in [-0.39, 0.29) is 12.5 Å². The third-order valence-corrected chi connectivity index (χ3v) is 6.33. The molecule has 0 saturated heterocycles. The molecule has 0 saturated carbocycles. The summed E-state index contributed by atoms with van der Waals surface area (Å²) in [6.45, 7) is 0.249. The molecule has 0 spiro atoms. The smallest absolute Gasteiger partial charge is 0.337 e. The van der Waals surface area contributed by atoms with E-state index >= 15 is 0 Å². The second kappa shape index (κ2) is 8.73. The lowest BCUT2D eigenvalue weighted by molar-refractivity contribution is 0.0600. The number of thiazole rings is 1. The fourth-order valence-electron chi connectivity index (χ4n) is 3.00. The van der Waals surface area contributed by atoms with Crippen molar-refractivity contribution in [2.45, 2.75) is 11.4 Å². The van der Waals surface area contributed by atoms with Crippen LogP contribution in [0.25, 0.3) is 10.2 Å². The van der Waals surface area contributed by atoms with Crippen molar-refractivity contribution < 1.29 is 18.7 Å². The van der Waals surface area contributed by atoms with E-state index in [1.165, 1.54) is 18.4 Å². The Labute approximate surface area is 181 Å². The van der Waals surface area contributed by atoms with Crippen LogP contribution in [-0.2, 0) is 11.3 Å². The van der Waals surface area contributed by atoms with Gasteiger partial charge in [-0.2, -0.15) is 0 Å². The van der Waals surface area contributed by atoms with Crippen molar-refractivity contribution in [3.63, 3.8) is 0 Å². The number of amides is 1. The summed E-state index contributed by atoms with van der Waals surface area (Å²) >= 11 is 3.07. The summed E-state index contributed by atoms with van der Waals surface area (Å²) in [5, 5.41) is 0.588. The highest BCUT2D eigenvalue weighted by molar-refractivity contribution is 7.98. The molecule has 0 radical (unpaired) electrons. The van der Waals surface area contributed by atoms with Gasteiger partial charge in [-0.15, -0.1) is 11.8 Å². The molecule has 152 valence electrons. The molecule has 2 aromatic heterocycles. The standard InChI is InChI=1S/C22H18N2O4S2/c1-27-21(26)15-10-8-14(9-11-15)20(25)24(13-16-5-4-12-28-16)22-23-19-17(29-2)6-3-7-18(19)30-22/h3-12H,13H2,1-2H3. The van der Waals surface area contributed by atoms with Crippen molar-refractivity contribution in [3.05, 3.63) is 77.7 Å². The second-order valence-electron chi connectivity index (χ2n) is 6.34. The normalized spacial score (nSPS) is 10.9. The number of fused-ring (bicyclic) bond motifs is 1. The van der Waals surface area contributed by atoms with Gasteiger partial charge in [0.05, 0.1) is 35.7 Å². The fraction of sp³-hybridized carbons (Fsp3) is 0.136. The van der Waals surface area contributed by atoms with Crippen LogP contribution < -0.4 is 4.90 Å². The Hall–Kier alpha value is -3.10. The van der Waals surface area contributed by atoms with Gasteiger partial charge >= 0.3 is 5.97 Å². The third-order valence-electron chi connectivity index (χ3n) is 4.51. The number of anilines is 1. The van der Waals surface area contributed by atoms with Crippen LogP contribution >= 0.6 is 23.1 Å². The fourth-order valence-corrected chi connectivity index (χ4v) is 4.62. The summed E-state index contributed by atoms with van der Waals surface area (Å²) in [6.07, 6.45) is 3.58. The molecular formula is C22H18N2O4S2. The van der Waals surface area contributed by atoms with Gasteiger partial charge in [0, 0.05) is 10.5 Å². The highest BCUT2D eigenvalue weighted by Gasteiger charge is 2.23. The van der Waals surface area contributed by atoms with Crippen LogP contribution in [0.3, 0.4) is 0 Å². The average molecular weight is 439 g/mol. The molecule has 2 heterocycles. The van der Waals surface area contributed by atoms with Crippen molar-refractivity contribution in [3.8, 4) is 0 Å². The zero-order valence-corrected chi connectivity index (χ0v) is 18.0. The number of carbonyl (C=O) groups excluding carboxylic acids is 2. The number of ether oxygens (including phenoxy) is 1. The Kier molecular flexibility index (Phi) is 5.87. The van der Waals surface area contributed by atoms with Crippen LogP contribution in [0.1, 0.15) is 26.5 Å². The number of para-hydroxylation sites is 1. The molecule has 0 atom stereocenters. The van der Waals surface area contributed by atoms with E-state index in [0.29, 0.717) is 22.0 Å². The molecule has 0 aliphatic heterocycles. The van der Waals surface area contributed by atoms with E-state index in [1.54, 1.807) is 53.3 Å². The number of furan rings is 1. The highest BCUT2D eigenvalue weighted by Crippen LogP contribution is 2.35. The number of thioether (sulfide) groups is 1.